The minimum absolute atomic E-state index is 0.333. The fraction of sp³-hybridized carbons (Fsp3) is 0.111. The number of nitrogens with one attached hydrogen (secondary N) is 1. The SMILES string of the molecule is COc1ncc(C)c(NN(c2ccccc2)c2ccccc2)n1. The van der Waals surface area contributed by atoms with Crippen molar-refractivity contribution < 1.29 is 4.74 Å². The number of hydrogen-bond acceptors (Lipinski definition) is 5. The molecule has 0 saturated heterocycles. The zero-order chi connectivity index (χ0) is 16.1. The first-order valence-electron chi connectivity index (χ1n) is 7.32. The second-order valence-electron chi connectivity index (χ2n) is 5.01. The third-order valence-corrected chi connectivity index (χ3v) is 3.38. The van der Waals surface area contributed by atoms with E-state index in [9.17, 15) is 0 Å². The normalized spacial score (nSPS) is 10.2. The van der Waals surface area contributed by atoms with Crippen molar-refractivity contribution in [1.29, 1.82) is 0 Å². The Kier molecular flexibility index (Phi) is 4.38. The molecule has 1 N–H and O–H groups in total. The second kappa shape index (κ2) is 6.79. The van der Waals surface area contributed by atoms with Gasteiger partial charge in [0.25, 0.3) is 0 Å². The molecule has 3 rings (SSSR count). The molecule has 0 bridgehead atoms. The molecule has 23 heavy (non-hydrogen) atoms. The van der Waals surface area contributed by atoms with Crippen molar-refractivity contribution in [3.05, 3.63) is 72.4 Å². The summed E-state index contributed by atoms with van der Waals surface area (Å²) in [6, 6.07) is 20.5. The standard InChI is InChI=1S/C18H18N4O/c1-14-13-19-18(23-2)20-17(14)21-22(15-9-5-3-6-10-15)16-11-7-4-8-12-16/h3-13H,1-2H3,(H,19,20,21). The number of aromatic nitrogens is 2. The molecule has 5 heteroatoms. The monoisotopic (exact) mass is 306 g/mol. The lowest BCUT2D eigenvalue weighted by molar-refractivity contribution is 0.380. The van der Waals surface area contributed by atoms with Gasteiger partial charge >= 0.3 is 6.01 Å². The van der Waals surface area contributed by atoms with Crippen LogP contribution >= 0.6 is 0 Å². The van der Waals surface area contributed by atoms with Crippen LogP contribution in [0.25, 0.3) is 0 Å². The highest BCUT2D eigenvalue weighted by atomic mass is 16.5. The molecule has 0 atom stereocenters. The number of nitrogens with zero attached hydrogens (tertiary/aromatic N) is 3. The van der Waals surface area contributed by atoms with Gasteiger partial charge in [0.2, 0.25) is 0 Å². The highest BCUT2D eigenvalue weighted by Crippen LogP contribution is 2.26. The summed E-state index contributed by atoms with van der Waals surface area (Å²) in [5.74, 6) is 0.699. The van der Waals surface area contributed by atoms with Crippen molar-refractivity contribution >= 4 is 17.2 Å². The number of aryl methyl sites for hydroxylation is 1. The summed E-state index contributed by atoms with van der Waals surface area (Å²) in [6.45, 7) is 1.95. The highest BCUT2D eigenvalue weighted by Gasteiger charge is 2.12. The smallest absolute Gasteiger partial charge is 0.318 e. The first-order chi connectivity index (χ1) is 11.3. The zero-order valence-electron chi connectivity index (χ0n) is 13.1. The number of anilines is 3. The predicted molar refractivity (Wildman–Crippen MR) is 92.0 cm³/mol. The van der Waals surface area contributed by atoms with Gasteiger partial charge in [-0.2, -0.15) is 4.98 Å². The van der Waals surface area contributed by atoms with Gasteiger partial charge in [-0.05, 0) is 31.2 Å². The lowest BCUT2D eigenvalue weighted by Gasteiger charge is -2.26. The summed E-state index contributed by atoms with van der Waals surface area (Å²) in [6.07, 6.45) is 1.74. The molecule has 3 aromatic rings. The number of ether oxygens (including phenoxy) is 1. The molecular formula is C18H18N4O. The van der Waals surface area contributed by atoms with Crippen molar-refractivity contribution in [2.75, 3.05) is 17.5 Å². The largest absolute Gasteiger partial charge is 0.467 e. The van der Waals surface area contributed by atoms with Crippen molar-refractivity contribution in [3.8, 4) is 6.01 Å². The van der Waals surface area contributed by atoms with Gasteiger partial charge in [0.05, 0.1) is 18.5 Å². The van der Waals surface area contributed by atoms with Crippen molar-refractivity contribution in [3.63, 3.8) is 0 Å². The maximum atomic E-state index is 5.12. The summed E-state index contributed by atoms with van der Waals surface area (Å²) in [4.78, 5) is 8.51. The Bertz CT molecular complexity index is 723. The van der Waals surface area contributed by atoms with Crippen LogP contribution < -0.4 is 15.2 Å². The van der Waals surface area contributed by atoms with E-state index in [2.05, 4.69) is 15.4 Å². The molecular weight excluding hydrogens is 288 g/mol. The molecule has 0 fully saturated rings. The van der Waals surface area contributed by atoms with E-state index < -0.39 is 0 Å². The average Bonchev–Trinajstić information content (AvgIpc) is 2.62. The number of rotatable bonds is 5. The first-order valence-corrected chi connectivity index (χ1v) is 7.32. The van der Waals surface area contributed by atoms with Crippen LogP contribution in [-0.2, 0) is 0 Å². The minimum Gasteiger partial charge on any atom is -0.467 e. The van der Waals surface area contributed by atoms with Crippen LogP contribution in [0.1, 0.15) is 5.56 Å². The zero-order valence-corrected chi connectivity index (χ0v) is 13.1. The molecule has 0 spiro atoms. The van der Waals surface area contributed by atoms with Gasteiger partial charge in [-0.3, -0.25) is 10.4 Å². The molecule has 116 valence electrons. The molecule has 0 saturated carbocycles. The van der Waals surface area contributed by atoms with Crippen LogP contribution in [0.4, 0.5) is 17.2 Å². The number of benzene rings is 2. The average molecular weight is 306 g/mol. The predicted octanol–water partition coefficient (Wildman–Crippen LogP) is 3.96. The van der Waals surface area contributed by atoms with E-state index >= 15 is 0 Å². The van der Waals surface area contributed by atoms with Crippen LogP contribution in [-0.4, -0.2) is 17.1 Å². The Morgan fingerprint density at radius 3 is 2.00 bits per heavy atom. The summed E-state index contributed by atoms with van der Waals surface area (Å²) in [7, 11) is 1.56. The summed E-state index contributed by atoms with van der Waals surface area (Å²) >= 11 is 0. The van der Waals surface area contributed by atoms with E-state index in [1.807, 2.05) is 72.6 Å². The lowest BCUT2D eigenvalue weighted by Crippen LogP contribution is -2.25. The van der Waals surface area contributed by atoms with Crippen LogP contribution in [0.2, 0.25) is 0 Å². The second-order valence-corrected chi connectivity index (χ2v) is 5.01. The Labute approximate surface area is 135 Å². The van der Waals surface area contributed by atoms with Crippen LogP contribution in [0.5, 0.6) is 6.01 Å². The first kappa shape index (κ1) is 14.8. The molecule has 2 aromatic carbocycles. The third kappa shape index (κ3) is 3.40. The van der Waals surface area contributed by atoms with E-state index in [1.165, 1.54) is 0 Å². The van der Waals surface area contributed by atoms with E-state index in [1.54, 1.807) is 13.3 Å². The molecule has 1 aromatic heterocycles. The van der Waals surface area contributed by atoms with Crippen molar-refractivity contribution in [1.82, 2.24) is 9.97 Å². The Hall–Kier alpha value is -3.08. The van der Waals surface area contributed by atoms with Gasteiger partial charge in [-0.25, -0.2) is 4.98 Å². The van der Waals surface area contributed by atoms with Gasteiger partial charge < -0.3 is 4.74 Å². The van der Waals surface area contributed by atoms with E-state index in [0.717, 1.165) is 16.9 Å². The Morgan fingerprint density at radius 1 is 0.913 bits per heavy atom. The molecule has 0 amide bonds. The van der Waals surface area contributed by atoms with Crippen LogP contribution in [0, 0.1) is 6.92 Å². The molecule has 0 aliphatic heterocycles. The minimum atomic E-state index is 0.333. The fourth-order valence-electron chi connectivity index (χ4n) is 2.18. The summed E-state index contributed by atoms with van der Waals surface area (Å²) < 4.78 is 5.12. The number of para-hydroxylation sites is 2. The number of methoxy groups -OCH3 is 1. The lowest BCUT2D eigenvalue weighted by atomic mass is 10.2. The molecule has 0 aliphatic carbocycles. The van der Waals surface area contributed by atoms with E-state index in [-0.39, 0.29) is 0 Å². The quantitative estimate of drug-likeness (QED) is 0.723. The van der Waals surface area contributed by atoms with Gasteiger partial charge in [0.15, 0.2) is 5.82 Å². The molecule has 0 radical (unpaired) electrons. The van der Waals surface area contributed by atoms with Gasteiger partial charge in [-0.15, -0.1) is 0 Å². The van der Waals surface area contributed by atoms with Gasteiger partial charge in [-0.1, -0.05) is 36.4 Å². The maximum absolute atomic E-state index is 5.12. The highest BCUT2D eigenvalue weighted by molar-refractivity contribution is 5.67. The Morgan fingerprint density at radius 2 is 1.48 bits per heavy atom. The number of hydrazine groups is 1. The molecule has 5 nitrogen and oxygen atoms in total. The molecule has 0 unspecified atom stereocenters. The third-order valence-electron chi connectivity index (χ3n) is 3.38. The molecule has 0 aliphatic rings. The van der Waals surface area contributed by atoms with Crippen molar-refractivity contribution in [2.24, 2.45) is 0 Å². The number of hydrogen-bond donors (Lipinski definition) is 1. The van der Waals surface area contributed by atoms with Gasteiger partial charge in [0.1, 0.15) is 0 Å². The topological polar surface area (TPSA) is 50.3 Å². The van der Waals surface area contributed by atoms with Crippen LogP contribution in [0.15, 0.2) is 66.9 Å². The van der Waals surface area contributed by atoms with E-state index in [0.29, 0.717) is 11.8 Å². The molecule has 1 heterocycles. The van der Waals surface area contributed by atoms with Crippen molar-refractivity contribution in [2.45, 2.75) is 6.92 Å². The summed E-state index contributed by atoms with van der Waals surface area (Å²) in [5.41, 5.74) is 6.31. The Balaban J connectivity index is 2.00. The fourth-order valence-corrected chi connectivity index (χ4v) is 2.18. The van der Waals surface area contributed by atoms with Crippen LogP contribution in [0.3, 0.4) is 0 Å². The van der Waals surface area contributed by atoms with Gasteiger partial charge in [0, 0.05) is 11.8 Å². The van der Waals surface area contributed by atoms with E-state index in [4.69, 9.17) is 4.74 Å². The maximum Gasteiger partial charge on any atom is 0.318 e. The summed E-state index contributed by atoms with van der Waals surface area (Å²) in [5, 5.41) is 1.98.